The summed E-state index contributed by atoms with van der Waals surface area (Å²) in [4.78, 5) is 2.20. The average molecular weight is 294 g/mol. The third-order valence-electron chi connectivity index (χ3n) is 4.10. The van der Waals surface area contributed by atoms with E-state index in [4.69, 9.17) is 0 Å². The molecule has 0 aliphatic rings. The Balaban J connectivity index is 3.00. The summed E-state index contributed by atoms with van der Waals surface area (Å²) in [7, 11) is 0. The molecular weight excluding hydrogens is 263 g/mol. The Bertz CT molecular complexity index is 414. The van der Waals surface area contributed by atoms with E-state index in [-0.39, 0.29) is 5.82 Å². The van der Waals surface area contributed by atoms with Crippen molar-refractivity contribution in [3.8, 4) is 0 Å². The van der Waals surface area contributed by atoms with Gasteiger partial charge < -0.3 is 10.2 Å². The summed E-state index contributed by atoms with van der Waals surface area (Å²) < 4.78 is 14.4. The minimum atomic E-state index is -0.106. The van der Waals surface area contributed by atoms with Crippen molar-refractivity contribution in [2.45, 2.75) is 60.0 Å². The molecule has 0 aromatic heterocycles. The third kappa shape index (κ3) is 5.31. The number of benzene rings is 1. The van der Waals surface area contributed by atoms with Gasteiger partial charge in [0.15, 0.2) is 0 Å². The molecule has 1 N–H and O–H groups in total. The van der Waals surface area contributed by atoms with Crippen LogP contribution < -0.4 is 10.2 Å². The molecule has 0 fully saturated rings. The van der Waals surface area contributed by atoms with Gasteiger partial charge in [-0.05, 0) is 24.5 Å². The molecular formula is C18H31FN2. The van der Waals surface area contributed by atoms with Gasteiger partial charge in [0.1, 0.15) is 5.82 Å². The number of nitrogens with one attached hydrogen (secondary N) is 1. The molecule has 0 unspecified atom stereocenters. The highest BCUT2D eigenvalue weighted by molar-refractivity contribution is 5.55. The van der Waals surface area contributed by atoms with Crippen molar-refractivity contribution in [2.75, 3.05) is 18.0 Å². The topological polar surface area (TPSA) is 15.3 Å². The van der Waals surface area contributed by atoms with Crippen LogP contribution in [-0.4, -0.2) is 19.1 Å². The van der Waals surface area contributed by atoms with Crippen LogP contribution in [0.1, 0.15) is 53.0 Å². The van der Waals surface area contributed by atoms with Gasteiger partial charge in [-0.3, -0.25) is 0 Å². The van der Waals surface area contributed by atoms with Crippen molar-refractivity contribution in [3.05, 3.63) is 29.6 Å². The van der Waals surface area contributed by atoms with E-state index in [1.165, 1.54) is 0 Å². The summed E-state index contributed by atoms with van der Waals surface area (Å²) in [6, 6.07) is 5.81. The number of para-hydroxylation sites is 1. The molecule has 1 rings (SSSR count). The lowest BCUT2D eigenvalue weighted by molar-refractivity contribution is 0.480. The molecule has 0 amide bonds. The van der Waals surface area contributed by atoms with Gasteiger partial charge in [-0.2, -0.15) is 0 Å². The summed E-state index contributed by atoms with van der Waals surface area (Å²) >= 11 is 0. The fraction of sp³-hybridized carbons (Fsp3) is 0.667. The first-order valence-electron chi connectivity index (χ1n) is 8.29. The Hall–Kier alpha value is -1.09. The molecule has 0 saturated carbocycles. The van der Waals surface area contributed by atoms with Crippen molar-refractivity contribution in [3.63, 3.8) is 0 Å². The normalized spacial score (nSPS) is 11.4. The van der Waals surface area contributed by atoms with Gasteiger partial charge in [-0.15, -0.1) is 0 Å². The summed E-state index contributed by atoms with van der Waals surface area (Å²) in [5.74, 6) is 0.515. The zero-order valence-electron chi connectivity index (χ0n) is 14.2. The van der Waals surface area contributed by atoms with Gasteiger partial charge in [-0.25, -0.2) is 4.39 Å². The highest BCUT2D eigenvalue weighted by atomic mass is 19.1. The van der Waals surface area contributed by atoms with Crippen LogP contribution in [-0.2, 0) is 6.54 Å². The maximum atomic E-state index is 14.4. The molecule has 0 radical (unpaired) electrons. The predicted octanol–water partition coefficient (Wildman–Crippen LogP) is 4.59. The van der Waals surface area contributed by atoms with Crippen LogP contribution in [0, 0.1) is 11.7 Å². The van der Waals surface area contributed by atoms with Crippen molar-refractivity contribution < 1.29 is 4.39 Å². The second-order valence-corrected chi connectivity index (χ2v) is 6.00. The van der Waals surface area contributed by atoms with Crippen LogP contribution in [0.15, 0.2) is 18.2 Å². The number of anilines is 1. The van der Waals surface area contributed by atoms with Crippen LogP contribution >= 0.6 is 0 Å². The van der Waals surface area contributed by atoms with E-state index in [1.54, 1.807) is 12.1 Å². The Morgan fingerprint density at radius 2 is 1.81 bits per heavy atom. The van der Waals surface area contributed by atoms with Crippen molar-refractivity contribution >= 4 is 5.69 Å². The van der Waals surface area contributed by atoms with Crippen LogP contribution in [0.5, 0.6) is 0 Å². The van der Waals surface area contributed by atoms with Gasteiger partial charge in [0.25, 0.3) is 0 Å². The quantitative estimate of drug-likeness (QED) is 0.717. The number of halogens is 1. The fourth-order valence-corrected chi connectivity index (χ4v) is 2.61. The van der Waals surface area contributed by atoms with Crippen LogP contribution in [0.2, 0.25) is 0 Å². The van der Waals surface area contributed by atoms with Crippen molar-refractivity contribution in [2.24, 2.45) is 5.92 Å². The number of rotatable bonds is 9. The number of hydrogen-bond acceptors (Lipinski definition) is 2. The molecule has 0 heterocycles. The zero-order valence-corrected chi connectivity index (χ0v) is 14.2. The van der Waals surface area contributed by atoms with Crippen LogP contribution in [0.3, 0.4) is 0 Å². The number of hydrogen-bond donors (Lipinski definition) is 1. The Morgan fingerprint density at radius 1 is 1.14 bits per heavy atom. The molecule has 3 heteroatoms. The van der Waals surface area contributed by atoms with Crippen molar-refractivity contribution in [1.29, 1.82) is 0 Å². The van der Waals surface area contributed by atoms with E-state index in [0.29, 0.717) is 18.5 Å². The zero-order chi connectivity index (χ0) is 15.8. The molecule has 0 aliphatic carbocycles. The van der Waals surface area contributed by atoms with E-state index in [0.717, 1.165) is 37.2 Å². The van der Waals surface area contributed by atoms with Crippen LogP contribution in [0.4, 0.5) is 10.1 Å². The van der Waals surface area contributed by atoms with E-state index >= 15 is 0 Å². The lowest BCUT2D eigenvalue weighted by atomic mass is 10.0. The molecule has 0 saturated heterocycles. The maximum Gasteiger partial charge on any atom is 0.146 e. The van der Waals surface area contributed by atoms with Crippen molar-refractivity contribution in [1.82, 2.24) is 5.32 Å². The highest BCUT2D eigenvalue weighted by Crippen LogP contribution is 2.26. The highest BCUT2D eigenvalue weighted by Gasteiger charge is 2.17. The lowest BCUT2D eigenvalue weighted by Gasteiger charge is -2.30. The monoisotopic (exact) mass is 294 g/mol. The second-order valence-electron chi connectivity index (χ2n) is 6.00. The van der Waals surface area contributed by atoms with E-state index < -0.39 is 0 Å². The summed E-state index contributed by atoms with van der Waals surface area (Å²) in [5, 5.41) is 3.40. The standard InChI is InChI=1S/C18H31FN2/c1-6-15(7-2)13-21(8-3)18-16(12-20-14(4)5)10-9-11-17(18)19/h9-11,14-15,20H,6-8,12-13H2,1-5H3. The summed E-state index contributed by atoms with van der Waals surface area (Å²) in [5.41, 5.74) is 1.83. The van der Waals surface area contributed by atoms with E-state index in [9.17, 15) is 4.39 Å². The predicted molar refractivity (Wildman–Crippen MR) is 90.3 cm³/mol. The SMILES string of the molecule is CCC(CC)CN(CC)c1c(F)cccc1CNC(C)C. The molecule has 2 nitrogen and oxygen atoms in total. The first kappa shape index (κ1) is 18.0. The smallest absolute Gasteiger partial charge is 0.146 e. The van der Waals surface area contributed by atoms with Gasteiger partial charge >= 0.3 is 0 Å². The number of nitrogens with zero attached hydrogens (tertiary/aromatic N) is 1. The first-order chi connectivity index (χ1) is 10.0. The largest absolute Gasteiger partial charge is 0.369 e. The summed E-state index contributed by atoms with van der Waals surface area (Å²) in [6.45, 7) is 13.2. The second kappa shape index (κ2) is 9.04. The molecule has 0 spiro atoms. The third-order valence-corrected chi connectivity index (χ3v) is 4.10. The van der Waals surface area contributed by atoms with Gasteiger partial charge in [0.05, 0.1) is 5.69 Å². The minimum absolute atomic E-state index is 0.106. The molecule has 0 atom stereocenters. The van der Waals surface area contributed by atoms with Gasteiger partial charge in [-0.1, -0.05) is 52.7 Å². The van der Waals surface area contributed by atoms with E-state index in [1.807, 2.05) is 6.07 Å². The molecule has 1 aromatic carbocycles. The summed E-state index contributed by atoms with van der Waals surface area (Å²) in [6.07, 6.45) is 2.28. The maximum absolute atomic E-state index is 14.4. The molecule has 120 valence electrons. The first-order valence-corrected chi connectivity index (χ1v) is 8.29. The Morgan fingerprint density at radius 3 is 2.33 bits per heavy atom. The van der Waals surface area contributed by atoms with Crippen LogP contribution in [0.25, 0.3) is 0 Å². The van der Waals surface area contributed by atoms with E-state index in [2.05, 4.69) is 44.8 Å². The molecule has 1 aromatic rings. The lowest BCUT2D eigenvalue weighted by Crippen LogP contribution is -2.32. The molecule has 21 heavy (non-hydrogen) atoms. The van der Waals surface area contributed by atoms with Gasteiger partial charge in [0.2, 0.25) is 0 Å². The molecule has 0 aliphatic heterocycles. The van der Waals surface area contributed by atoms with Gasteiger partial charge in [0, 0.05) is 25.7 Å². The Kier molecular flexibility index (Phi) is 7.73. The minimum Gasteiger partial charge on any atom is -0.369 e. The Labute approximate surface area is 129 Å². The average Bonchev–Trinajstić information content (AvgIpc) is 2.47. The molecule has 0 bridgehead atoms. The fourth-order valence-electron chi connectivity index (χ4n) is 2.61.